The summed E-state index contributed by atoms with van der Waals surface area (Å²) >= 11 is 0. The highest BCUT2D eigenvalue weighted by molar-refractivity contribution is 6.02. The van der Waals surface area contributed by atoms with E-state index in [1.54, 1.807) is 12.3 Å². The normalized spacial score (nSPS) is 26.4. The highest BCUT2D eigenvalue weighted by Gasteiger charge is 2.22. The standard InChI is InChI=1S/C13H17N5O/c14-13(19)9-1-4-16-11(5-9)12-7-18(8-17-12)10-2-3-15-6-10/h1,4,7-10,15H,2-3,5-6H2,(H2,14,19). The maximum Gasteiger partial charge on any atom is 0.224 e. The molecule has 1 aromatic rings. The number of carbonyl (C=O) groups excluding carboxylic acids is 1. The number of aliphatic imine (C=N–C) groups is 1. The molecule has 2 aliphatic heterocycles. The molecule has 0 aliphatic carbocycles. The summed E-state index contributed by atoms with van der Waals surface area (Å²) in [6.07, 6.45) is 8.88. The summed E-state index contributed by atoms with van der Waals surface area (Å²) in [6, 6.07) is 0.466. The minimum absolute atomic E-state index is 0.272. The zero-order valence-electron chi connectivity index (χ0n) is 10.6. The SMILES string of the molecule is NC(=O)C1C=CN=C(c2cn(C3CCNC3)cn2)C1. The molecule has 100 valence electrons. The number of nitrogens with one attached hydrogen (secondary N) is 1. The van der Waals surface area contributed by atoms with Gasteiger partial charge in [0.25, 0.3) is 0 Å². The third-order valence-electron chi connectivity index (χ3n) is 3.68. The molecule has 2 unspecified atom stereocenters. The number of nitrogens with zero attached hydrogens (tertiary/aromatic N) is 3. The molecule has 3 rings (SSSR count). The first-order valence-electron chi connectivity index (χ1n) is 6.51. The van der Waals surface area contributed by atoms with E-state index in [1.807, 2.05) is 12.5 Å². The van der Waals surface area contributed by atoms with E-state index in [0.29, 0.717) is 12.5 Å². The Labute approximate surface area is 111 Å². The van der Waals surface area contributed by atoms with Crippen LogP contribution in [0.15, 0.2) is 29.8 Å². The minimum Gasteiger partial charge on any atom is -0.369 e. The summed E-state index contributed by atoms with van der Waals surface area (Å²) in [7, 11) is 0. The van der Waals surface area contributed by atoms with Crippen LogP contribution in [0.5, 0.6) is 0 Å². The topological polar surface area (TPSA) is 85.3 Å². The number of hydrogen-bond donors (Lipinski definition) is 2. The minimum atomic E-state index is -0.317. The van der Waals surface area contributed by atoms with Crippen molar-refractivity contribution in [3.8, 4) is 0 Å². The largest absolute Gasteiger partial charge is 0.369 e. The van der Waals surface area contributed by atoms with Crippen LogP contribution in [0, 0.1) is 5.92 Å². The average molecular weight is 259 g/mol. The van der Waals surface area contributed by atoms with Gasteiger partial charge in [0, 0.05) is 31.4 Å². The van der Waals surface area contributed by atoms with Crippen molar-refractivity contribution in [1.29, 1.82) is 0 Å². The van der Waals surface area contributed by atoms with Gasteiger partial charge in [0.05, 0.1) is 18.0 Å². The number of aromatic nitrogens is 2. The number of hydrogen-bond acceptors (Lipinski definition) is 4. The molecule has 0 saturated carbocycles. The summed E-state index contributed by atoms with van der Waals surface area (Å²) in [4.78, 5) is 19.9. The maximum atomic E-state index is 11.2. The van der Waals surface area contributed by atoms with E-state index in [-0.39, 0.29) is 11.8 Å². The molecule has 19 heavy (non-hydrogen) atoms. The van der Waals surface area contributed by atoms with Gasteiger partial charge >= 0.3 is 0 Å². The summed E-state index contributed by atoms with van der Waals surface area (Å²) in [5.74, 6) is -0.589. The molecule has 1 saturated heterocycles. The molecule has 0 aromatic carbocycles. The van der Waals surface area contributed by atoms with Gasteiger partial charge in [-0.2, -0.15) is 0 Å². The van der Waals surface area contributed by atoms with Crippen molar-refractivity contribution >= 4 is 11.6 Å². The molecule has 1 amide bonds. The zero-order valence-corrected chi connectivity index (χ0v) is 10.6. The Balaban J connectivity index is 1.77. The van der Waals surface area contributed by atoms with Crippen molar-refractivity contribution in [2.24, 2.45) is 16.6 Å². The highest BCUT2D eigenvalue weighted by Crippen LogP contribution is 2.19. The predicted molar refractivity (Wildman–Crippen MR) is 71.7 cm³/mol. The molecule has 2 atom stereocenters. The smallest absolute Gasteiger partial charge is 0.224 e. The lowest BCUT2D eigenvalue weighted by atomic mass is 9.98. The van der Waals surface area contributed by atoms with Gasteiger partial charge in [-0.15, -0.1) is 0 Å². The molecule has 3 N–H and O–H groups in total. The molecule has 1 aromatic heterocycles. The van der Waals surface area contributed by atoms with Crippen LogP contribution >= 0.6 is 0 Å². The van der Waals surface area contributed by atoms with Crippen LogP contribution < -0.4 is 11.1 Å². The molecule has 0 radical (unpaired) electrons. The summed E-state index contributed by atoms with van der Waals surface area (Å²) in [5, 5.41) is 3.33. The summed E-state index contributed by atoms with van der Waals surface area (Å²) < 4.78 is 2.12. The van der Waals surface area contributed by atoms with Gasteiger partial charge in [-0.1, -0.05) is 6.08 Å². The second-order valence-electron chi connectivity index (χ2n) is 4.98. The van der Waals surface area contributed by atoms with Gasteiger partial charge in [-0.05, 0) is 13.0 Å². The van der Waals surface area contributed by atoms with Crippen LogP contribution in [-0.4, -0.2) is 34.3 Å². The predicted octanol–water partition coefficient (Wildman–Crippen LogP) is 0.225. The van der Waals surface area contributed by atoms with Gasteiger partial charge in [-0.3, -0.25) is 9.79 Å². The lowest BCUT2D eigenvalue weighted by molar-refractivity contribution is -0.120. The number of rotatable bonds is 3. The van der Waals surface area contributed by atoms with Crippen molar-refractivity contribution in [3.05, 3.63) is 30.5 Å². The highest BCUT2D eigenvalue weighted by atomic mass is 16.1. The monoisotopic (exact) mass is 259 g/mol. The lowest BCUT2D eigenvalue weighted by Crippen LogP contribution is -2.25. The molecule has 6 nitrogen and oxygen atoms in total. The average Bonchev–Trinajstić information content (AvgIpc) is 3.09. The van der Waals surface area contributed by atoms with Gasteiger partial charge in [0.15, 0.2) is 0 Å². The van der Waals surface area contributed by atoms with E-state index in [1.165, 1.54) is 0 Å². The van der Waals surface area contributed by atoms with Crippen LogP contribution in [0.4, 0.5) is 0 Å². The van der Waals surface area contributed by atoms with Crippen molar-refractivity contribution in [1.82, 2.24) is 14.9 Å². The van der Waals surface area contributed by atoms with Crippen LogP contribution in [0.25, 0.3) is 0 Å². The van der Waals surface area contributed by atoms with E-state index in [4.69, 9.17) is 5.73 Å². The van der Waals surface area contributed by atoms with Crippen molar-refractivity contribution in [2.45, 2.75) is 18.9 Å². The van der Waals surface area contributed by atoms with Crippen LogP contribution in [0.1, 0.15) is 24.6 Å². The zero-order chi connectivity index (χ0) is 13.2. The number of imidazole rings is 1. The number of carbonyl (C=O) groups is 1. The Hall–Kier alpha value is -1.95. The Kier molecular flexibility index (Phi) is 3.16. The van der Waals surface area contributed by atoms with E-state index in [0.717, 1.165) is 30.9 Å². The Morgan fingerprint density at radius 2 is 2.42 bits per heavy atom. The van der Waals surface area contributed by atoms with Crippen molar-refractivity contribution < 1.29 is 4.79 Å². The van der Waals surface area contributed by atoms with Crippen molar-refractivity contribution in [3.63, 3.8) is 0 Å². The van der Waals surface area contributed by atoms with E-state index in [2.05, 4.69) is 19.9 Å². The first kappa shape index (κ1) is 12.1. The molecule has 3 heterocycles. The van der Waals surface area contributed by atoms with Gasteiger partial charge < -0.3 is 15.6 Å². The number of primary amides is 1. The molecule has 6 heteroatoms. The Morgan fingerprint density at radius 3 is 3.16 bits per heavy atom. The first-order valence-corrected chi connectivity index (χ1v) is 6.51. The first-order chi connectivity index (χ1) is 9.24. The Bertz CT molecular complexity index is 539. The van der Waals surface area contributed by atoms with Gasteiger partial charge in [-0.25, -0.2) is 4.98 Å². The Morgan fingerprint density at radius 1 is 1.53 bits per heavy atom. The third kappa shape index (κ3) is 2.44. The maximum absolute atomic E-state index is 11.2. The molecule has 0 bridgehead atoms. The van der Waals surface area contributed by atoms with E-state index in [9.17, 15) is 4.79 Å². The van der Waals surface area contributed by atoms with E-state index >= 15 is 0 Å². The van der Waals surface area contributed by atoms with Crippen LogP contribution in [0.2, 0.25) is 0 Å². The van der Waals surface area contributed by atoms with Gasteiger partial charge in [0.1, 0.15) is 5.69 Å². The fraction of sp³-hybridized carbons (Fsp3) is 0.462. The fourth-order valence-corrected chi connectivity index (χ4v) is 2.51. The second-order valence-corrected chi connectivity index (χ2v) is 4.98. The number of nitrogens with two attached hydrogens (primary N) is 1. The fourth-order valence-electron chi connectivity index (χ4n) is 2.51. The number of amides is 1. The van der Waals surface area contributed by atoms with Gasteiger partial charge in [0.2, 0.25) is 5.91 Å². The quantitative estimate of drug-likeness (QED) is 0.814. The molecule has 1 fully saturated rings. The summed E-state index contributed by atoms with van der Waals surface area (Å²) in [5.41, 5.74) is 7.00. The lowest BCUT2D eigenvalue weighted by Gasteiger charge is -2.13. The third-order valence-corrected chi connectivity index (χ3v) is 3.68. The van der Waals surface area contributed by atoms with Crippen LogP contribution in [-0.2, 0) is 4.79 Å². The van der Waals surface area contributed by atoms with Crippen molar-refractivity contribution in [2.75, 3.05) is 13.1 Å². The molecule has 2 aliphatic rings. The summed E-state index contributed by atoms with van der Waals surface area (Å²) in [6.45, 7) is 2.03. The molecular weight excluding hydrogens is 242 g/mol. The van der Waals surface area contributed by atoms with Crippen LogP contribution in [0.3, 0.4) is 0 Å². The van der Waals surface area contributed by atoms with E-state index < -0.39 is 0 Å². The molecular formula is C13H17N5O. The molecule has 0 spiro atoms. The second kappa shape index (κ2) is 4.97.